The number of ether oxygens (including phenoxy) is 1. The number of aromatic nitrogens is 1. The first-order valence-corrected chi connectivity index (χ1v) is 5.68. The van der Waals surface area contributed by atoms with Crippen molar-refractivity contribution >= 4 is 17.6 Å². The number of hydrogen-bond acceptors (Lipinski definition) is 3. The van der Waals surface area contributed by atoms with Gasteiger partial charge in [0.15, 0.2) is 0 Å². The molecule has 0 bridgehead atoms. The van der Waals surface area contributed by atoms with Crippen molar-refractivity contribution in [1.82, 2.24) is 4.98 Å². The Kier molecular flexibility index (Phi) is 3.66. The summed E-state index contributed by atoms with van der Waals surface area (Å²) >= 11 is 5.55. The lowest BCUT2D eigenvalue weighted by Gasteiger charge is -2.07. The number of nitrogens with zero attached hydrogens (tertiary/aromatic N) is 1. The zero-order chi connectivity index (χ0) is 14.0. The highest BCUT2D eigenvalue weighted by atomic mass is 35.5. The molecule has 0 amide bonds. The quantitative estimate of drug-likeness (QED) is 0.932. The molecule has 0 aliphatic heterocycles. The maximum absolute atomic E-state index is 13.2. The van der Waals surface area contributed by atoms with Gasteiger partial charge in [0.1, 0.15) is 11.6 Å². The first kappa shape index (κ1) is 13.3. The second-order valence-corrected chi connectivity index (χ2v) is 4.23. The minimum atomic E-state index is -1.09. The lowest BCUT2D eigenvalue weighted by Crippen LogP contribution is -2.00. The third kappa shape index (κ3) is 3.20. The van der Waals surface area contributed by atoms with Crippen molar-refractivity contribution in [3.8, 4) is 11.6 Å². The minimum absolute atomic E-state index is 0.0178. The van der Waals surface area contributed by atoms with Crippen molar-refractivity contribution in [1.29, 1.82) is 0 Å². The highest BCUT2D eigenvalue weighted by Gasteiger charge is 2.09. The normalized spacial score (nSPS) is 10.3. The SMILES string of the molecule is Cc1cc(C(=O)O)cc(Oc2ccc(Cl)c(F)c2)n1. The second kappa shape index (κ2) is 5.24. The first-order chi connectivity index (χ1) is 8.95. The molecule has 1 N–H and O–H groups in total. The van der Waals surface area contributed by atoms with Gasteiger partial charge in [-0.3, -0.25) is 0 Å². The van der Waals surface area contributed by atoms with Gasteiger partial charge < -0.3 is 9.84 Å². The maximum Gasteiger partial charge on any atom is 0.335 e. The number of pyridine rings is 1. The molecule has 0 radical (unpaired) electrons. The van der Waals surface area contributed by atoms with Crippen LogP contribution in [0.1, 0.15) is 16.1 Å². The van der Waals surface area contributed by atoms with Crippen LogP contribution in [0.15, 0.2) is 30.3 Å². The van der Waals surface area contributed by atoms with Crippen molar-refractivity contribution in [3.05, 3.63) is 52.4 Å². The third-order valence-corrected chi connectivity index (χ3v) is 2.60. The molecule has 0 unspecified atom stereocenters. The van der Waals surface area contributed by atoms with E-state index in [1.165, 1.54) is 24.3 Å². The molecule has 0 saturated carbocycles. The molecule has 0 aliphatic carbocycles. The molecule has 19 heavy (non-hydrogen) atoms. The van der Waals surface area contributed by atoms with Crippen LogP contribution in [0.2, 0.25) is 5.02 Å². The molecule has 6 heteroatoms. The number of rotatable bonds is 3. The highest BCUT2D eigenvalue weighted by Crippen LogP contribution is 2.25. The van der Waals surface area contributed by atoms with Crippen molar-refractivity contribution in [2.24, 2.45) is 0 Å². The molecule has 0 aliphatic rings. The van der Waals surface area contributed by atoms with Crippen LogP contribution in [0.4, 0.5) is 4.39 Å². The summed E-state index contributed by atoms with van der Waals surface area (Å²) in [6.45, 7) is 1.64. The smallest absolute Gasteiger partial charge is 0.335 e. The lowest BCUT2D eigenvalue weighted by atomic mass is 10.2. The van der Waals surface area contributed by atoms with Gasteiger partial charge >= 0.3 is 5.97 Å². The molecule has 4 nitrogen and oxygen atoms in total. The molecular weight excluding hydrogens is 273 g/mol. The molecule has 0 spiro atoms. The van der Waals surface area contributed by atoms with Crippen LogP contribution in [0.25, 0.3) is 0 Å². The Bertz CT molecular complexity index is 646. The monoisotopic (exact) mass is 281 g/mol. The van der Waals surface area contributed by atoms with E-state index < -0.39 is 11.8 Å². The van der Waals surface area contributed by atoms with E-state index in [-0.39, 0.29) is 22.2 Å². The molecule has 0 atom stereocenters. The lowest BCUT2D eigenvalue weighted by molar-refractivity contribution is 0.0696. The largest absolute Gasteiger partial charge is 0.478 e. The molecular formula is C13H9ClFNO3. The number of carboxylic acid groups (broad SMARTS) is 1. The Morgan fingerprint density at radius 3 is 2.74 bits per heavy atom. The summed E-state index contributed by atoms with van der Waals surface area (Å²) in [7, 11) is 0. The number of halogens is 2. The summed E-state index contributed by atoms with van der Waals surface area (Å²) in [5.74, 6) is -1.43. The minimum Gasteiger partial charge on any atom is -0.478 e. The van der Waals surface area contributed by atoms with Crippen molar-refractivity contribution in [2.75, 3.05) is 0 Å². The van der Waals surface area contributed by atoms with E-state index in [0.29, 0.717) is 5.69 Å². The summed E-state index contributed by atoms with van der Waals surface area (Å²) in [6.07, 6.45) is 0. The third-order valence-electron chi connectivity index (χ3n) is 2.29. The van der Waals surface area contributed by atoms with Gasteiger partial charge in [-0.25, -0.2) is 14.2 Å². The van der Waals surface area contributed by atoms with Crippen LogP contribution in [-0.4, -0.2) is 16.1 Å². The van der Waals surface area contributed by atoms with Gasteiger partial charge in [0.25, 0.3) is 0 Å². The highest BCUT2D eigenvalue weighted by molar-refractivity contribution is 6.30. The average Bonchev–Trinajstić information content (AvgIpc) is 2.33. The summed E-state index contributed by atoms with van der Waals surface area (Å²) < 4.78 is 18.6. The van der Waals surface area contributed by atoms with Gasteiger partial charge in [-0.2, -0.15) is 0 Å². The van der Waals surface area contributed by atoms with Gasteiger partial charge in [-0.05, 0) is 25.1 Å². The topological polar surface area (TPSA) is 59.4 Å². The second-order valence-electron chi connectivity index (χ2n) is 3.82. The van der Waals surface area contributed by atoms with Crippen LogP contribution in [-0.2, 0) is 0 Å². The zero-order valence-electron chi connectivity index (χ0n) is 9.85. The number of aromatic carboxylic acids is 1. The molecule has 2 rings (SSSR count). The Balaban J connectivity index is 2.32. The molecule has 98 valence electrons. The van der Waals surface area contributed by atoms with E-state index in [9.17, 15) is 9.18 Å². The average molecular weight is 282 g/mol. The van der Waals surface area contributed by atoms with Crippen LogP contribution in [0.3, 0.4) is 0 Å². The van der Waals surface area contributed by atoms with E-state index in [2.05, 4.69) is 4.98 Å². The molecule has 0 fully saturated rings. The van der Waals surface area contributed by atoms with Gasteiger partial charge in [-0.1, -0.05) is 11.6 Å². The van der Waals surface area contributed by atoms with E-state index in [1.54, 1.807) is 6.92 Å². The van der Waals surface area contributed by atoms with Crippen molar-refractivity contribution in [3.63, 3.8) is 0 Å². The fourth-order valence-electron chi connectivity index (χ4n) is 1.47. The maximum atomic E-state index is 13.2. The molecule has 1 aromatic heterocycles. The van der Waals surface area contributed by atoms with Gasteiger partial charge in [-0.15, -0.1) is 0 Å². The molecule has 0 saturated heterocycles. The number of benzene rings is 1. The number of carbonyl (C=O) groups is 1. The van der Waals surface area contributed by atoms with Gasteiger partial charge in [0.2, 0.25) is 5.88 Å². The predicted molar refractivity (Wildman–Crippen MR) is 67.4 cm³/mol. The fraction of sp³-hybridized carbons (Fsp3) is 0.0769. The molecule has 1 heterocycles. The Labute approximate surface area is 113 Å². The van der Waals surface area contributed by atoms with E-state index in [4.69, 9.17) is 21.4 Å². The van der Waals surface area contributed by atoms with Crippen LogP contribution < -0.4 is 4.74 Å². The standard InChI is InChI=1S/C13H9ClFNO3/c1-7-4-8(13(17)18)5-12(16-7)19-9-2-3-10(14)11(15)6-9/h2-6H,1H3,(H,17,18). The summed E-state index contributed by atoms with van der Waals surface area (Å²) in [5, 5.41) is 8.90. The summed E-state index contributed by atoms with van der Waals surface area (Å²) in [5.41, 5.74) is 0.543. The Morgan fingerprint density at radius 1 is 1.37 bits per heavy atom. The molecule has 2 aromatic rings. The van der Waals surface area contributed by atoms with Crippen LogP contribution >= 0.6 is 11.6 Å². The van der Waals surface area contributed by atoms with Gasteiger partial charge in [0.05, 0.1) is 10.6 Å². The van der Waals surface area contributed by atoms with Gasteiger partial charge in [0, 0.05) is 17.8 Å². The number of carboxylic acids is 1. The van der Waals surface area contributed by atoms with E-state index in [1.807, 2.05) is 0 Å². The Hall–Kier alpha value is -2.14. The van der Waals surface area contributed by atoms with E-state index >= 15 is 0 Å². The van der Waals surface area contributed by atoms with Crippen molar-refractivity contribution in [2.45, 2.75) is 6.92 Å². The zero-order valence-corrected chi connectivity index (χ0v) is 10.6. The molecule has 1 aromatic carbocycles. The number of hydrogen-bond donors (Lipinski definition) is 1. The number of aryl methyl sites for hydroxylation is 1. The first-order valence-electron chi connectivity index (χ1n) is 5.30. The fourth-order valence-corrected chi connectivity index (χ4v) is 1.59. The predicted octanol–water partition coefficient (Wildman–Crippen LogP) is 3.67. The van der Waals surface area contributed by atoms with Crippen LogP contribution in [0.5, 0.6) is 11.6 Å². The Morgan fingerprint density at radius 2 is 2.11 bits per heavy atom. The summed E-state index contributed by atoms with van der Waals surface area (Å²) in [6, 6.07) is 6.60. The van der Waals surface area contributed by atoms with Crippen LogP contribution in [0, 0.1) is 12.7 Å². The summed E-state index contributed by atoms with van der Waals surface area (Å²) in [4.78, 5) is 14.9. The van der Waals surface area contributed by atoms with E-state index in [0.717, 1.165) is 6.07 Å². The van der Waals surface area contributed by atoms with Crippen molar-refractivity contribution < 1.29 is 19.0 Å².